The molecule has 0 heteroatoms. The van der Waals surface area contributed by atoms with E-state index >= 15 is 0 Å². The molecule has 0 aliphatic heterocycles. The molecule has 1 rings (SSSR count). The van der Waals surface area contributed by atoms with Crippen LogP contribution in [0.5, 0.6) is 0 Å². The molecule has 0 N–H and O–H groups in total. The van der Waals surface area contributed by atoms with E-state index in [1.165, 1.54) is 12.8 Å². The van der Waals surface area contributed by atoms with E-state index in [2.05, 4.69) is 24.0 Å². The van der Waals surface area contributed by atoms with E-state index in [1.807, 2.05) is 0 Å². The van der Waals surface area contributed by atoms with E-state index in [0.29, 0.717) is 0 Å². The van der Waals surface area contributed by atoms with Crippen molar-refractivity contribution in [3.63, 3.8) is 0 Å². The predicted octanol–water partition coefficient (Wildman–Crippen LogP) is 2.12. The van der Waals surface area contributed by atoms with E-state index in [9.17, 15) is 0 Å². The molecule has 0 saturated carbocycles. The van der Waals surface area contributed by atoms with Crippen LogP contribution in [-0.2, 0) is 0 Å². The van der Waals surface area contributed by atoms with Crippen LogP contribution in [0.1, 0.15) is 25.7 Å². The van der Waals surface area contributed by atoms with Crippen LogP contribution in [0.15, 0.2) is 12.2 Å². The third-order valence-electron chi connectivity index (χ3n) is 1.18. The van der Waals surface area contributed by atoms with Gasteiger partial charge < -0.3 is 0 Å². The average molecular weight is 106 g/mol. The summed E-state index contributed by atoms with van der Waals surface area (Å²) in [6, 6.07) is 0. The van der Waals surface area contributed by atoms with Crippen LogP contribution < -0.4 is 0 Å². The van der Waals surface area contributed by atoms with Gasteiger partial charge in [-0.2, -0.15) is 0 Å². The molecule has 0 aromatic carbocycles. The fraction of sp³-hybridized carbons (Fsp3) is 0.500. The van der Waals surface area contributed by atoms with Gasteiger partial charge in [0.05, 0.1) is 0 Å². The molecule has 0 amide bonds. The summed E-state index contributed by atoms with van der Waals surface area (Å²) >= 11 is 0. The lowest BCUT2D eigenvalue weighted by molar-refractivity contribution is 0.878. The molecular weight excluding hydrogens is 96.1 g/mol. The maximum Gasteiger partial charge on any atom is 0.0269 e. The quantitative estimate of drug-likeness (QED) is 0.328. The molecule has 0 spiro atoms. The Balaban J connectivity index is 2.38. The number of hydrogen-bond acceptors (Lipinski definition) is 0. The predicted molar refractivity (Wildman–Crippen MR) is 35.4 cm³/mol. The highest BCUT2D eigenvalue weighted by Crippen LogP contribution is 1.98. The van der Waals surface area contributed by atoms with E-state index in [1.54, 1.807) is 0 Å². The molecule has 1 aliphatic carbocycles. The van der Waals surface area contributed by atoms with Crippen LogP contribution in [-0.4, -0.2) is 0 Å². The van der Waals surface area contributed by atoms with Gasteiger partial charge in [0, 0.05) is 12.8 Å². The van der Waals surface area contributed by atoms with Gasteiger partial charge in [0.1, 0.15) is 0 Å². The summed E-state index contributed by atoms with van der Waals surface area (Å²) in [5, 5.41) is 0. The normalized spacial score (nSPS) is 22.0. The highest BCUT2D eigenvalue weighted by Gasteiger charge is 1.81. The topological polar surface area (TPSA) is 0 Å². The summed E-state index contributed by atoms with van der Waals surface area (Å²) in [6.07, 6.45) is 8.86. The van der Waals surface area contributed by atoms with Crippen molar-refractivity contribution in [2.45, 2.75) is 25.7 Å². The van der Waals surface area contributed by atoms with Gasteiger partial charge in [-0.1, -0.05) is 18.1 Å². The van der Waals surface area contributed by atoms with Gasteiger partial charge in [-0.05, 0) is 12.8 Å². The Kier molecular flexibility index (Phi) is 2.26. The van der Waals surface area contributed by atoms with Gasteiger partial charge >= 0.3 is 0 Å². The minimum absolute atomic E-state index is 0.958. The van der Waals surface area contributed by atoms with Crippen LogP contribution in [0, 0.1) is 11.8 Å². The molecule has 0 radical (unpaired) electrons. The Bertz CT molecular complexity index is 132. The largest absolute Gasteiger partial charge is 0.103 e. The highest BCUT2D eigenvalue weighted by molar-refractivity contribution is 5.06. The standard InChI is InChI=1S/C8H10/c1-2-4-6-8-7-5-3-1/h1-2H,3-5,7H2/b2-1-. The Hall–Kier alpha value is -0.700. The lowest BCUT2D eigenvalue weighted by atomic mass is 10.2. The molecule has 0 heterocycles. The minimum atomic E-state index is 0.958. The van der Waals surface area contributed by atoms with Crippen LogP contribution in [0.2, 0.25) is 0 Å². The molecular formula is C8H10. The smallest absolute Gasteiger partial charge is 0.0269 e. The van der Waals surface area contributed by atoms with Crippen molar-refractivity contribution in [3.8, 4) is 11.8 Å². The second kappa shape index (κ2) is 3.32. The first-order valence-electron chi connectivity index (χ1n) is 3.11. The van der Waals surface area contributed by atoms with Gasteiger partial charge in [0.2, 0.25) is 0 Å². The SMILES string of the molecule is C1#CCCC/C=C\C1. The molecule has 42 valence electrons. The van der Waals surface area contributed by atoms with Crippen LogP contribution in [0.25, 0.3) is 0 Å². The third-order valence-corrected chi connectivity index (χ3v) is 1.18. The maximum absolute atomic E-state index is 3.09. The monoisotopic (exact) mass is 106 g/mol. The van der Waals surface area contributed by atoms with Gasteiger partial charge in [-0.15, -0.1) is 5.92 Å². The van der Waals surface area contributed by atoms with E-state index in [4.69, 9.17) is 0 Å². The zero-order valence-electron chi connectivity index (χ0n) is 4.98. The number of allylic oxidation sites excluding steroid dienone is 2. The summed E-state index contributed by atoms with van der Waals surface area (Å²) in [7, 11) is 0. The van der Waals surface area contributed by atoms with Gasteiger partial charge in [-0.25, -0.2) is 0 Å². The summed E-state index contributed by atoms with van der Waals surface area (Å²) in [4.78, 5) is 0. The van der Waals surface area contributed by atoms with Crippen molar-refractivity contribution in [2.24, 2.45) is 0 Å². The van der Waals surface area contributed by atoms with Crippen LogP contribution >= 0.6 is 0 Å². The average Bonchev–Trinajstić information content (AvgIpc) is 1.62. The molecule has 0 saturated heterocycles. The van der Waals surface area contributed by atoms with Crippen LogP contribution in [0.4, 0.5) is 0 Å². The summed E-state index contributed by atoms with van der Waals surface area (Å²) in [5.74, 6) is 6.14. The molecule has 0 bridgehead atoms. The highest BCUT2D eigenvalue weighted by atomic mass is 13.9. The molecule has 0 unspecified atom stereocenters. The van der Waals surface area contributed by atoms with Crippen LogP contribution in [0.3, 0.4) is 0 Å². The third kappa shape index (κ3) is 1.84. The van der Waals surface area contributed by atoms with E-state index in [0.717, 1.165) is 12.8 Å². The van der Waals surface area contributed by atoms with Gasteiger partial charge in [0.25, 0.3) is 0 Å². The molecule has 0 aromatic heterocycles. The second-order valence-corrected chi connectivity index (χ2v) is 1.92. The molecule has 8 heavy (non-hydrogen) atoms. The second-order valence-electron chi connectivity index (χ2n) is 1.92. The molecule has 0 atom stereocenters. The lowest BCUT2D eigenvalue weighted by Crippen LogP contribution is -1.73. The van der Waals surface area contributed by atoms with Gasteiger partial charge in [-0.3, -0.25) is 0 Å². The molecule has 0 nitrogen and oxygen atoms in total. The van der Waals surface area contributed by atoms with E-state index < -0.39 is 0 Å². The van der Waals surface area contributed by atoms with Crippen molar-refractivity contribution in [2.75, 3.05) is 0 Å². The lowest BCUT2D eigenvalue weighted by Gasteiger charge is -1.89. The Morgan fingerprint density at radius 3 is 3.12 bits per heavy atom. The Morgan fingerprint density at radius 2 is 2.12 bits per heavy atom. The minimum Gasteiger partial charge on any atom is -0.103 e. The van der Waals surface area contributed by atoms with E-state index in [-0.39, 0.29) is 0 Å². The van der Waals surface area contributed by atoms with Crippen molar-refractivity contribution >= 4 is 0 Å². The Labute approximate surface area is 50.6 Å². The van der Waals surface area contributed by atoms with Crippen molar-refractivity contribution in [3.05, 3.63) is 12.2 Å². The molecule has 0 fully saturated rings. The number of rotatable bonds is 0. The number of hydrogen-bond donors (Lipinski definition) is 0. The fourth-order valence-electron chi connectivity index (χ4n) is 0.729. The first kappa shape index (κ1) is 5.44. The summed E-state index contributed by atoms with van der Waals surface area (Å²) in [5.41, 5.74) is 0. The molecule has 1 aliphatic rings. The first-order chi connectivity index (χ1) is 4.00. The van der Waals surface area contributed by atoms with Gasteiger partial charge in [0.15, 0.2) is 0 Å². The maximum atomic E-state index is 3.09. The first-order valence-corrected chi connectivity index (χ1v) is 3.11. The van der Waals surface area contributed by atoms with Crippen molar-refractivity contribution < 1.29 is 0 Å². The summed E-state index contributed by atoms with van der Waals surface area (Å²) in [6.45, 7) is 0. The zero-order valence-corrected chi connectivity index (χ0v) is 4.98. The summed E-state index contributed by atoms with van der Waals surface area (Å²) < 4.78 is 0. The Morgan fingerprint density at radius 1 is 1.12 bits per heavy atom. The zero-order chi connectivity index (χ0) is 5.66. The van der Waals surface area contributed by atoms with Crippen molar-refractivity contribution in [1.82, 2.24) is 0 Å². The molecule has 0 aromatic rings. The van der Waals surface area contributed by atoms with Crippen molar-refractivity contribution in [1.29, 1.82) is 0 Å². The fourth-order valence-corrected chi connectivity index (χ4v) is 0.729.